The fourth-order valence-corrected chi connectivity index (χ4v) is 5.38. The molecule has 6 atom stereocenters. The Bertz CT molecular complexity index is 385. The Morgan fingerprint density at radius 2 is 1.86 bits per heavy atom. The van der Waals surface area contributed by atoms with Crippen LogP contribution in [0.4, 0.5) is 0 Å². The largest absolute Gasteiger partial charge is 0.386 e. The topological polar surface area (TPSA) is 20.2 Å². The average molecular weight is 293 g/mol. The Morgan fingerprint density at radius 3 is 2.48 bits per heavy atom. The minimum Gasteiger partial charge on any atom is -0.386 e. The van der Waals surface area contributed by atoms with Gasteiger partial charge in [0.2, 0.25) is 0 Å². The maximum absolute atomic E-state index is 10.3. The average Bonchev–Trinajstić information content (AvgIpc) is 2.44. The predicted molar refractivity (Wildman–Crippen MR) is 91.2 cm³/mol. The molecule has 122 valence electrons. The van der Waals surface area contributed by atoms with Crippen LogP contribution in [-0.4, -0.2) is 10.7 Å². The van der Waals surface area contributed by atoms with E-state index < -0.39 is 5.60 Å². The summed E-state index contributed by atoms with van der Waals surface area (Å²) in [5, 5.41) is 10.3. The Balaban J connectivity index is 2.23. The molecule has 0 amide bonds. The molecule has 2 saturated carbocycles. The number of hydrogen-bond acceptors (Lipinski definition) is 1. The van der Waals surface area contributed by atoms with Gasteiger partial charge in [-0.2, -0.15) is 0 Å². The maximum Gasteiger partial charge on any atom is 0.0797 e. The third-order valence-electron chi connectivity index (χ3n) is 7.70. The highest BCUT2D eigenvalue weighted by atomic mass is 16.3. The van der Waals surface area contributed by atoms with Gasteiger partial charge in [0.15, 0.2) is 0 Å². The van der Waals surface area contributed by atoms with Gasteiger partial charge in [0.1, 0.15) is 0 Å². The highest BCUT2D eigenvalue weighted by molar-refractivity contribution is 5.05. The molecule has 1 N–H and O–H groups in total. The molecule has 0 heterocycles. The molecule has 2 aliphatic carbocycles. The van der Waals surface area contributed by atoms with Crippen molar-refractivity contribution in [2.24, 2.45) is 28.6 Å². The van der Waals surface area contributed by atoms with Crippen LogP contribution >= 0.6 is 0 Å². The summed E-state index contributed by atoms with van der Waals surface area (Å²) < 4.78 is 0. The molecule has 0 bridgehead atoms. The second-order valence-corrected chi connectivity index (χ2v) is 8.90. The molecular formula is C20H36O. The number of rotatable bonds is 4. The van der Waals surface area contributed by atoms with Gasteiger partial charge in [0.05, 0.1) is 5.60 Å². The predicted octanol–water partition coefficient (Wildman–Crippen LogP) is 5.58. The van der Waals surface area contributed by atoms with E-state index in [-0.39, 0.29) is 0 Å². The SMILES string of the molecule is C=CC(C)(O)CC[C@@]1(C)C2CCCC(C)[C@]2(C)CC[C@@H]1C. The zero-order valence-corrected chi connectivity index (χ0v) is 14.9. The molecule has 1 nitrogen and oxygen atoms in total. The van der Waals surface area contributed by atoms with Crippen LogP contribution in [0.3, 0.4) is 0 Å². The monoisotopic (exact) mass is 292 g/mol. The highest BCUT2D eigenvalue weighted by Gasteiger charge is 2.54. The lowest BCUT2D eigenvalue weighted by atomic mass is 9.45. The van der Waals surface area contributed by atoms with Crippen molar-refractivity contribution >= 4 is 0 Å². The molecule has 21 heavy (non-hydrogen) atoms. The molecule has 0 aromatic carbocycles. The zero-order valence-electron chi connectivity index (χ0n) is 14.9. The molecule has 0 aliphatic heterocycles. The molecule has 0 saturated heterocycles. The quantitative estimate of drug-likeness (QED) is 0.670. The molecule has 2 aliphatic rings. The Hall–Kier alpha value is -0.300. The van der Waals surface area contributed by atoms with Crippen LogP contribution < -0.4 is 0 Å². The molecular weight excluding hydrogens is 256 g/mol. The molecule has 0 spiro atoms. The van der Waals surface area contributed by atoms with Gasteiger partial charge >= 0.3 is 0 Å². The molecule has 2 fully saturated rings. The van der Waals surface area contributed by atoms with Gasteiger partial charge in [-0.15, -0.1) is 6.58 Å². The van der Waals surface area contributed by atoms with Crippen molar-refractivity contribution in [2.75, 3.05) is 0 Å². The van der Waals surface area contributed by atoms with E-state index in [9.17, 15) is 5.11 Å². The third-order valence-corrected chi connectivity index (χ3v) is 7.70. The van der Waals surface area contributed by atoms with Crippen molar-refractivity contribution in [3.63, 3.8) is 0 Å². The first-order chi connectivity index (χ1) is 9.66. The van der Waals surface area contributed by atoms with Gasteiger partial charge in [-0.25, -0.2) is 0 Å². The van der Waals surface area contributed by atoms with E-state index in [2.05, 4.69) is 34.3 Å². The van der Waals surface area contributed by atoms with Gasteiger partial charge in [0, 0.05) is 0 Å². The van der Waals surface area contributed by atoms with E-state index in [4.69, 9.17) is 0 Å². The van der Waals surface area contributed by atoms with Crippen molar-refractivity contribution in [3.8, 4) is 0 Å². The van der Waals surface area contributed by atoms with Crippen molar-refractivity contribution in [2.45, 2.75) is 85.2 Å². The van der Waals surface area contributed by atoms with Crippen LogP contribution in [0.5, 0.6) is 0 Å². The summed E-state index contributed by atoms with van der Waals surface area (Å²) in [6, 6.07) is 0. The highest BCUT2D eigenvalue weighted by Crippen LogP contribution is 2.63. The first-order valence-electron chi connectivity index (χ1n) is 9.02. The van der Waals surface area contributed by atoms with Gasteiger partial charge in [-0.3, -0.25) is 0 Å². The van der Waals surface area contributed by atoms with Gasteiger partial charge in [-0.05, 0) is 67.6 Å². The third kappa shape index (κ3) is 2.96. The van der Waals surface area contributed by atoms with Crippen molar-refractivity contribution < 1.29 is 5.11 Å². The zero-order chi connectivity index (χ0) is 15.9. The maximum atomic E-state index is 10.3. The standard InChI is InChI=1S/C20H36O/c1-7-18(4,21)13-14-20(6)16(3)11-12-19(5)15(2)9-8-10-17(19)20/h7,15-17,21H,1,8-14H2,2-6H3/t15?,16-,17?,18?,19-,20+/m0/s1. The Kier molecular flexibility index (Phi) is 4.65. The van der Waals surface area contributed by atoms with E-state index in [0.717, 1.165) is 30.6 Å². The van der Waals surface area contributed by atoms with E-state index in [0.29, 0.717) is 10.8 Å². The van der Waals surface area contributed by atoms with Crippen molar-refractivity contribution in [3.05, 3.63) is 12.7 Å². The summed E-state index contributed by atoms with van der Waals surface area (Å²) >= 11 is 0. The first kappa shape index (κ1) is 17.1. The second kappa shape index (κ2) is 5.72. The summed E-state index contributed by atoms with van der Waals surface area (Å²) in [7, 11) is 0. The fraction of sp³-hybridized carbons (Fsp3) is 0.900. The van der Waals surface area contributed by atoms with E-state index in [1.807, 2.05) is 6.92 Å². The molecule has 3 unspecified atom stereocenters. The minimum absolute atomic E-state index is 0.370. The summed E-state index contributed by atoms with van der Waals surface area (Å²) in [5.41, 5.74) is 0.172. The van der Waals surface area contributed by atoms with E-state index >= 15 is 0 Å². The molecule has 2 rings (SSSR count). The van der Waals surface area contributed by atoms with Crippen molar-refractivity contribution in [1.29, 1.82) is 0 Å². The number of fused-ring (bicyclic) bond motifs is 1. The molecule has 0 aromatic rings. The minimum atomic E-state index is -0.711. The summed E-state index contributed by atoms with van der Waals surface area (Å²) in [4.78, 5) is 0. The molecule has 0 radical (unpaired) electrons. The summed E-state index contributed by atoms with van der Waals surface area (Å²) in [5.74, 6) is 2.43. The van der Waals surface area contributed by atoms with Crippen LogP contribution in [0.1, 0.15) is 79.6 Å². The van der Waals surface area contributed by atoms with Gasteiger partial charge in [0.25, 0.3) is 0 Å². The molecule has 1 heteroatoms. The van der Waals surface area contributed by atoms with Gasteiger partial charge < -0.3 is 5.11 Å². The first-order valence-corrected chi connectivity index (χ1v) is 9.02. The van der Waals surface area contributed by atoms with Crippen LogP contribution in [-0.2, 0) is 0 Å². The lowest BCUT2D eigenvalue weighted by molar-refractivity contribution is -0.113. The van der Waals surface area contributed by atoms with Crippen LogP contribution in [0.2, 0.25) is 0 Å². The van der Waals surface area contributed by atoms with Crippen molar-refractivity contribution in [1.82, 2.24) is 0 Å². The van der Waals surface area contributed by atoms with Crippen LogP contribution in [0.15, 0.2) is 12.7 Å². The lowest BCUT2D eigenvalue weighted by Gasteiger charge is -2.60. The van der Waals surface area contributed by atoms with Crippen LogP contribution in [0.25, 0.3) is 0 Å². The number of aliphatic hydroxyl groups is 1. The molecule has 0 aromatic heterocycles. The summed E-state index contributed by atoms with van der Waals surface area (Å²) in [6.07, 6.45) is 10.6. The van der Waals surface area contributed by atoms with Crippen LogP contribution in [0, 0.1) is 28.6 Å². The number of hydrogen-bond donors (Lipinski definition) is 1. The second-order valence-electron chi connectivity index (χ2n) is 8.90. The van der Waals surface area contributed by atoms with E-state index in [1.54, 1.807) is 6.08 Å². The Labute approximate surface area is 132 Å². The Morgan fingerprint density at radius 1 is 1.19 bits per heavy atom. The summed E-state index contributed by atoms with van der Waals surface area (Å²) in [6.45, 7) is 15.7. The lowest BCUT2D eigenvalue weighted by Crippen LogP contribution is -2.52. The van der Waals surface area contributed by atoms with Gasteiger partial charge in [-0.1, -0.05) is 46.6 Å². The normalized spacial score (nSPS) is 46.5. The smallest absolute Gasteiger partial charge is 0.0797 e. The van der Waals surface area contributed by atoms with E-state index in [1.165, 1.54) is 32.1 Å². The fourth-order valence-electron chi connectivity index (χ4n) is 5.38.